The average molecular weight is 317 g/mol. The van der Waals surface area contributed by atoms with Gasteiger partial charge in [0.1, 0.15) is 5.82 Å². The zero-order valence-electron chi connectivity index (χ0n) is 10.9. The summed E-state index contributed by atoms with van der Waals surface area (Å²) in [6, 6.07) is 16.9. The largest absolute Gasteiger partial charge is 0.332 e. The van der Waals surface area contributed by atoms with Crippen LogP contribution in [0.15, 0.2) is 54.7 Å². The molecule has 2 aliphatic rings. The topological polar surface area (TPSA) is 17.8 Å². The molecule has 3 heteroatoms. The van der Waals surface area contributed by atoms with Gasteiger partial charge in [-0.3, -0.25) is 0 Å². The molecular weight excluding hydrogens is 300 g/mol. The molecule has 0 saturated carbocycles. The lowest BCUT2D eigenvalue weighted by Crippen LogP contribution is -2.05. The van der Waals surface area contributed by atoms with Crippen molar-refractivity contribution >= 4 is 17.0 Å². The van der Waals surface area contributed by atoms with E-state index in [-0.39, 0.29) is 17.0 Å². The van der Waals surface area contributed by atoms with Gasteiger partial charge in [0, 0.05) is 24.0 Å². The van der Waals surface area contributed by atoms with Crippen molar-refractivity contribution in [2.45, 2.75) is 19.9 Å². The van der Waals surface area contributed by atoms with Crippen molar-refractivity contribution < 1.29 is 0 Å². The number of aryl methyl sites for hydroxylation is 3. The van der Waals surface area contributed by atoms with Gasteiger partial charge < -0.3 is 4.57 Å². The number of hydrogen-bond donors (Lipinski definition) is 0. The van der Waals surface area contributed by atoms with Crippen LogP contribution in [0.25, 0.3) is 11.4 Å². The molecule has 0 radical (unpaired) electrons. The molecule has 0 N–H and O–H groups in total. The van der Waals surface area contributed by atoms with Crippen LogP contribution >= 0.6 is 17.0 Å². The zero-order chi connectivity index (χ0) is 12.4. The van der Waals surface area contributed by atoms with Gasteiger partial charge in [-0.15, -0.1) is 17.0 Å². The van der Waals surface area contributed by atoms with Gasteiger partial charge in [0.15, 0.2) is 0 Å². The van der Waals surface area contributed by atoms with Gasteiger partial charge in [0.2, 0.25) is 0 Å². The van der Waals surface area contributed by atoms with E-state index in [0.717, 1.165) is 24.5 Å². The normalized spacial score (nSPS) is 10.4. The monoisotopic (exact) mass is 316 g/mol. The van der Waals surface area contributed by atoms with Crippen molar-refractivity contribution in [1.29, 1.82) is 0 Å². The third-order valence-electron chi connectivity index (χ3n) is 3.20. The molecule has 0 amide bonds. The Kier molecular flexibility index (Phi) is 4.38. The van der Waals surface area contributed by atoms with Crippen LogP contribution in [0.5, 0.6) is 0 Å². The lowest BCUT2D eigenvalue weighted by molar-refractivity contribution is 0.689. The Bertz CT molecular complexity index is 616. The number of rotatable bonds is 3. The standard InChI is InChI=1S/C16H16N2.BrH/c1-13-12-15-8-5-10-18(16(15)17-13)11-9-14-6-3-2-4-7-14;/h2-8,10,12H,9,11H2,1H3;1H. The SMILES string of the molecule is Br.Cc1cc2cccn(CCc3ccccc3)c-2n1. The van der Waals surface area contributed by atoms with Crippen LogP contribution < -0.4 is 0 Å². The average Bonchev–Trinajstić information content (AvgIpc) is 2.78. The Balaban J connectivity index is 0.00000133. The number of aromatic nitrogens is 2. The van der Waals surface area contributed by atoms with Crippen molar-refractivity contribution in [3.63, 3.8) is 0 Å². The molecule has 0 spiro atoms. The van der Waals surface area contributed by atoms with E-state index in [1.54, 1.807) is 0 Å². The van der Waals surface area contributed by atoms with Crippen LogP contribution in [0, 0.1) is 6.92 Å². The van der Waals surface area contributed by atoms with E-state index < -0.39 is 0 Å². The molecule has 2 aliphatic heterocycles. The number of halogens is 1. The second-order valence-corrected chi connectivity index (χ2v) is 4.61. The fourth-order valence-corrected chi connectivity index (χ4v) is 2.30. The van der Waals surface area contributed by atoms with Gasteiger partial charge in [0.25, 0.3) is 0 Å². The molecule has 3 rings (SSSR count). The molecule has 0 atom stereocenters. The Morgan fingerprint density at radius 1 is 1.05 bits per heavy atom. The van der Waals surface area contributed by atoms with E-state index in [4.69, 9.17) is 0 Å². The zero-order valence-corrected chi connectivity index (χ0v) is 12.6. The van der Waals surface area contributed by atoms with E-state index in [1.165, 1.54) is 11.1 Å². The van der Waals surface area contributed by atoms with Crippen LogP contribution in [0.4, 0.5) is 0 Å². The number of pyridine rings is 1. The Hall–Kier alpha value is -1.61. The maximum absolute atomic E-state index is 4.59. The van der Waals surface area contributed by atoms with E-state index in [1.807, 2.05) is 6.92 Å². The summed E-state index contributed by atoms with van der Waals surface area (Å²) >= 11 is 0. The minimum Gasteiger partial charge on any atom is -0.332 e. The molecule has 2 nitrogen and oxygen atoms in total. The van der Waals surface area contributed by atoms with Crippen molar-refractivity contribution in [2.24, 2.45) is 0 Å². The maximum atomic E-state index is 4.59. The molecule has 0 fully saturated rings. The third kappa shape index (κ3) is 3.04. The molecular formula is C16H17BrN2. The predicted molar refractivity (Wildman–Crippen MR) is 84.1 cm³/mol. The minimum atomic E-state index is 0. The van der Waals surface area contributed by atoms with Crippen LogP contribution in [0.1, 0.15) is 11.3 Å². The van der Waals surface area contributed by atoms with Gasteiger partial charge in [0.05, 0.1) is 0 Å². The highest BCUT2D eigenvalue weighted by atomic mass is 79.9. The molecule has 0 aromatic heterocycles. The fourth-order valence-electron chi connectivity index (χ4n) is 2.30. The molecule has 1 aromatic carbocycles. The molecule has 0 aliphatic carbocycles. The smallest absolute Gasteiger partial charge is 0.140 e. The van der Waals surface area contributed by atoms with Crippen molar-refractivity contribution in [2.75, 3.05) is 0 Å². The Morgan fingerprint density at radius 2 is 1.84 bits per heavy atom. The minimum absolute atomic E-state index is 0. The summed E-state index contributed by atoms with van der Waals surface area (Å²) in [6.45, 7) is 3.01. The second kappa shape index (κ2) is 6.02. The Morgan fingerprint density at radius 3 is 2.63 bits per heavy atom. The van der Waals surface area contributed by atoms with E-state index in [0.29, 0.717) is 0 Å². The van der Waals surface area contributed by atoms with Crippen molar-refractivity contribution in [1.82, 2.24) is 9.55 Å². The van der Waals surface area contributed by atoms with Gasteiger partial charge in [-0.25, -0.2) is 4.98 Å². The van der Waals surface area contributed by atoms with Crippen LogP contribution in [0.2, 0.25) is 0 Å². The summed E-state index contributed by atoms with van der Waals surface area (Å²) < 4.78 is 2.23. The lowest BCUT2D eigenvalue weighted by Gasteiger charge is -2.11. The highest BCUT2D eigenvalue weighted by Crippen LogP contribution is 2.21. The summed E-state index contributed by atoms with van der Waals surface area (Å²) in [5, 5.41) is 0. The van der Waals surface area contributed by atoms with Crippen LogP contribution in [-0.4, -0.2) is 9.55 Å². The highest BCUT2D eigenvalue weighted by molar-refractivity contribution is 8.93. The molecule has 19 heavy (non-hydrogen) atoms. The lowest BCUT2D eigenvalue weighted by atomic mass is 10.1. The molecule has 98 valence electrons. The number of benzene rings is 1. The predicted octanol–water partition coefficient (Wildman–Crippen LogP) is 4.12. The number of hydrogen-bond acceptors (Lipinski definition) is 1. The summed E-state index contributed by atoms with van der Waals surface area (Å²) in [6.07, 6.45) is 3.15. The van der Waals surface area contributed by atoms with Gasteiger partial charge >= 0.3 is 0 Å². The van der Waals surface area contributed by atoms with E-state index in [9.17, 15) is 0 Å². The first-order valence-corrected chi connectivity index (χ1v) is 6.29. The van der Waals surface area contributed by atoms with Crippen LogP contribution in [-0.2, 0) is 13.0 Å². The summed E-state index contributed by atoms with van der Waals surface area (Å²) in [5.74, 6) is 1.09. The maximum Gasteiger partial charge on any atom is 0.140 e. The first kappa shape index (κ1) is 13.8. The summed E-state index contributed by atoms with van der Waals surface area (Å²) in [5.41, 5.74) is 3.68. The second-order valence-electron chi connectivity index (χ2n) is 4.61. The highest BCUT2D eigenvalue weighted by Gasteiger charge is 2.09. The number of fused-ring (bicyclic) bond motifs is 1. The molecule has 0 saturated heterocycles. The summed E-state index contributed by atoms with van der Waals surface area (Å²) in [7, 11) is 0. The van der Waals surface area contributed by atoms with Gasteiger partial charge in [-0.2, -0.15) is 0 Å². The van der Waals surface area contributed by atoms with Gasteiger partial charge in [-0.05, 0) is 37.1 Å². The van der Waals surface area contributed by atoms with Crippen molar-refractivity contribution in [3.05, 3.63) is 66.0 Å². The Labute approximate surface area is 124 Å². The van der Waals surface area contributed by atoms with Crippen molar-refractivity contribution in [3.8, 4) is 11.4 Å². The first-order chi connectivity index (χ1) is 8.83. The first-order valence-electron chi connectivity index (χ1n) is 6.29. The quantitative estimate of drug-likeness (QED) is 0.710. The molecule has 1 aromatic rings. The summed E-state index contributed by atoms with van der Waals surface area (Å²) in [4.78, 5) is 4.59. The molecule has 0 unspecified atom stereocenters. The number of nitrogens with zero attached hydrogens (tertiary/aromatic N) is 2. The molecule has 0 bridgehead atoms. The third-order valence-corrected chi connectivity index (χ3v) is 3.20. The fraction of sp³-hybridized carbons (Fsp3) is 0.188. The van der Waals surface area contributed by atoms with Gasteiger partial charge in [-0.1, -0.05) is 30.3 Å². The van der Waals surface area contributed by atoms with Crippen LogP contribution in [0.3, 0.4) is 0 Å². The molecule has 2 heterocycles. The van der Waals surface area contributed by atoms with E-state index >= 15 is 0 Å². The van der Waals surface area contributed by atoms with E-state index in [2.05, 4.69) is 64.3 Å².